The van der Waals surface area contributed by atoms with E-state index in [1.807, 2.05) is 0 Å². The van der Waals surface area contributed by atoms with Gasteiger partial charge in [0.25, 0.3) is 0 Å². The number of hydrogen-bond donors (Lipinski definition) is 3. The Morgan fingerprint density at radius 1 is 0.867 bits per heavy atom. The van der Waals surface area contributed by atoms with Gasteiger partial charge in [-0.25, -0.2) is 9.78 Å². The molecule has 3 aromatic rings. The molecule has 2 heterocycles. The van der Waals surface area contributed by atoms with Crippen molar-refractivity contribution in [2.45, 2.75) is 0 Å². The molecule has 3 rings (SSSR count). The molecule has 0 radical (unpaired) electrons. The van der Waals surface area contributed by atoms with Crippen LogP contribution in [0.4, 0.5) is 0 Å². The van der Waals surface area contributed by atoms with Gasteiger partial charge in [0.2, 0.25) is 17.6 Å². The molecule has 0 unspecified atom stereocenters. The van der Waals surface area contributed by atoms with E-state index >= 15 is 0 Å². The molecule has 2 aromatic heterocycles. The minimum Gasteiger partial charge on any atom is -0.504 e. The molecule has 0 saturated carbocycles. The number of aromatic carboxylic acids is 1. The topological polar surface area (TPSA) is 157 Å². The van der Waals surface area contributed by atoms with Crippen molar-refractivity contribution in [2.75, 3.05) is 21.3 Å². The van der Waals surface area contributed by atoms with Gasteiger partial charge in [-0.1, -0.05) is 11.6 Å². The average molecular weight is 435 g/mol. The van der Waals surface area contributed by atoms with Gasteiger partial charge in [0.1, 0.15) is 5.15 Å². The van der Waals surface area contributed by atoms with Crippen LogP contribution in [0.3, 0.4) is 0 Å². The second-order valence-electron chi connectivity index (χ2n) is 5.68. The summed E-state index contributed by atoms with van der Waals surface area (Å²) in [5.41, 5.74) is -1.03. The Kier molecular flexibility index (Phi) is 5.74. The molecule has 0 aliphatic heterocycles. The Morgan fingerprint density at radius 3 is 1.93 bits per heavy atom. The third-order valence-corrected chi connectivity index (χ3v) is 4.13. The van der Waals surface area contributed by atoms with Gasteiger partial charge in [-0.15, -0.1) is 0 Å². The number of halogens is 1. The second kappa shape index (κ2) is 8.25. The summed E-state index contributed by atoms with van der Waals surface area (Å²) < 4.78 is 15.2. The number of ether oxygens (including phenoxy) is 3. The zero-order chi connectivity index (χ0) is 22.0. The van der Waals surface area contributed by atoms with E-state index in [2.05, 4.69) is 19.9 Å². The smallest absolute Gasteiger partial charge is 0.337 e. The number of aromatic hydroxyl groups is 2. The van der Waals surface area contributed by atoms with Crippen LogP contribution in [0.25, 0.3) is 22.8 Å². The highest BCUT2D eigenvalue weighted by molar-refractivity contribution is 6.29. The molecule has 0 fully saturated rings. The fourth-order valence-corrected chi connectivity index (χ4v) is 2.79. The molecule has 156 valence electrons. The molecule has 0 saturated heterocycles. The third-order valence-electron chi connectivity index (χ3n) is 3.94. The van der Waals surface area contributed by atoms with Gasteiger partial charge in [-0.2, -0.15) is 15.0 Å². The van der Waals surface area contributed by atoms with Crippen molar-refractivity contribution in [1.82, 2.24) is 19.9 Å². The summed E-state index contributed by atoms with van der Waals surface area (Å²) in [4.78, 5) is 28.4. The van der Waals surface area contributed by atoms with Crippen molar-refractivity contribution >= 4 is 17.6 Å². The summed E-state index contributed by atoms with van der Waals surface area (Å²) in [6, 6.07) is 3.68. The standard InChI is InChI=1S/C18H15ClN4O7/c1-28-10-5-9(19)20-17(23-10)14-13(18(26)27)7(4-8(24)15(14)25)16-21-11(29-2)6-12(22-16)30-3/h4-6,24-25H,1-3H3,(H,26,27). The Bertz CT molecular complexity index is 1120. The van der Waals surface area contributed by atoms with Gasteiger partial charge in [-0.3, -0.25) is 0 Å². The first-order valence-electron chi connectivity index (χ1n) is 8.17. The number of nitrogens with zero attached hydrogens (tertiary/aromatic N) is 4. The molecule has 0 spiro atoms. The molecule has 30 heavy (non-hydrogen) atoms. The largest absolute Gasteiger partial charge is 0.504 e. The van der Waals surface area contributed by atoms with Crippen molar-refractivity contribution in [2.24, 2.45) is 0 Å². The molecule has 0 aliphatic rings. The summed E-state index contributed by atoms with van der Waals surface area (Å²) in [6.45, 7) is 0. The molecule has 1 aromatic carbocycles. The predicted octanol–water partition coefficient (Wildman–Crippen LogP) is 2.39. The Hall–Kier alpha value is -3.86. The minimum absolute atomic E-state index is 0.0185. The van der Waals surface area contributed by atoms with Gasteiger partial charge < -0.3 is 29.5 Å². The first-order chi connectivity index (χ1) is 14.3. The van der Waals surface area contributed by atoms with Crippen LogP contribution in [-0.2, 0) is 0 Å². The maximum Gasteiger partial charge on any atom is 0.337 e. The first kappa shape index (κ1) is 20.9. The molecule has 11 nitrogen and oxygen atoms in total. The van der Waals surface area contributed by atoms with Crippen LogP contribution in [0.5, 0.6) is 29.1 Å². The fraction of sp³-hybridized carbons (Fsp3) is 0.167. The number of carbonyl (C=O) groups is 1. The Balaban J connectivity index is 2.41. The van der Waals surface area contributed by atoms with Gasteiger partial charge in [-0.05, 0) is 6.07 Å². The van der Waals surface area contributed by atoms with Gasteiger partial charge >= 0.3 is 5.97 Å². The van der Waals surface area contributed by atoms with Crippen molar-refractivity contribution in [1.29, 1.82) is 0 Å². The van der Waals surface area contributed by atoms with Crippen LogP contribution in [0.15, 0.2) is 18.2 Å². The summed E-state index contributed by atoms with van der Waals surface area (Å²) in [5.74, 6) is -3.14. The second-order valence-corrected chi connectivity index (χ2v) is 6.07. The van der Waals surface area contributed by atoms with E-state index in [-0.39, 0.29) is 40.0 Å². The van der Waals surface area contributed by atoms with Crippen LogP contribution >= 0.6 is 11.6 Å². The average Bonchev–Trinajstić information content (AvgIpc) is 2.73. The lowest BCUT2D eigenvalue weighted by Gasteiger charge is -2.15. The number of aromatic nitrogens is 4. The number of rotatable bonds is 6. The van der Waals surface area contributed by atoms with Crippen molar-refractivity contribution in [3.63, 3.8) is 0 Å². The van der Waals surface area contributed by atoms with Crippen molar-refractivity contribution in [3.8, 4) is 51.9 Å². The van der Waals surface area contributed by atoms with Crippen LogP contribution in [0, 0.1) is 0 Å². The molecule has 3 N–H and O–H groups in total. The number of carboxylic acids is 1. The molecule has 0 aliphatic carbocycles. The maximum absolute atomic E-state index is 12.2. The predicted molar refractivity (Wildman–Crippen MR) is 103 cm³/mol. The van der Waals surface area contributed by atoms with Crippen LogP contribution in [0.1, 0.15) is 10.4 Å². The Morgan fingerprint density at radius 2 is 1.40 bits per heavy atom. The number of carboxylic acid groups (broad SMARTS) is 1. The van der Waals surface area contributed by atoms with E-state index in [0.717, 1.165) is 6.07 Å². The lowest BCUT2D eigenvalue weighted by Crippen LogP contribution is -2.08. The van der Waals surface area contributed by atoms with E-state index in [0.29, 0.717) is 0 Å². The number of benzene rings is 1. The van der Waals surface area contributed by atoms with Gasteiger partial charge in [0.05, 0.1) is 38.5 Å². The van der Waals surface area contributed by atoms with Crippen molar-refractivity contribution < 1.29 is 34.3 Å². The SMILES string of the molecule is COc1cc(OC)nc(-c2cc(O)c(O)c(-c3nc(Cl)cc(OC)n3)c2C(=O)O)n1. The zero-order valence-electron chi connectivity index (χ0n) is 15.9. The summed E-state index contributed by atoms with van der Waals surface area (Å²) in [6.07, 6.45) is 0. The highest BCUT2D eigenvalue weighted by Crippen LogP contribution is 2.43. The van der Waals surface area contributed by atoms with E-state index < -0.39 is 28.6 Å². The monoisotopic (exact) mass is 434 g/mol. The minimum atomic E-state index is -1.47. The molecule has 0 atom stereocenters. The van der Waals surface area contributed by atoms with Crippen LogP contribution in [0.2, 0.25) is 5.15 Å². The zero-order valence-corrected chi connectivity index (χ0v) is 16.6. The number of phenols is 2. The summed E-state index contributed by atoms with van der Waals surface area (Å²) >= 11 is 5.96. The van der Waals surface area contributed by atoms with Crippen molar-refractivity contribution in [3.05, 3.63) is 28.9 Å². The van der Waals surface area contributed by atoms with E-state index in [4.69, 9.17) is 25.8 Å². The number of hydrogen-bond acceptors (Lipinski definition) is 10. The lowest BCUT2D eigenvalue weighted by molar-refractivity contribution is 0.0698. The number of methoxy groups -OCH3 is 3. The normalized spacial score (nSPS) is 10.5. The summed E-state index contributed by atoms with van der Waals surface area (Å²) in [7, 11) is 4.04. The van der Waals surface area contributed by atoms with Crippen LogP contribution in [-0.4, -0.2) is 62.6 Å². The first-order valence-corrected chi connectivity index (χ1v) is 8.55. The highest BCUT2D eigenvalue weighted by Gasteiger charge is 2.28. The van der Waals surface area contributed by atoms with Crippen LogP contribution < -0.4 is 14.2 Å². The molecule has 0 bridgehead atoms. The third kappa shape index (κ3) is 3.82. The van der Waals surface area contributed by atoms with Gasteiger partial charge in [0, 0.05) is 11.6 Å². The quantitative estimate of drug-likeness (QED) is 0.386. The number of phenolic OH excluding ortho intramolecular Hbond substituents is 2. The highest BCUT2D eigenvalue weighted by atomic mass is 35.5. The fourth-order valence-electron chi connectivity index (χ4n) is 2.62. The van der Waals surface area contributed by atoms with E-state index in [9.17, 15) is 20.1 Å². The summed E-state index contributed by atoms with van der Waals surface area (Å²) in [5, 5.41) is 30.5. The molecule has 0 amide bonds. The van der Waals surface area contributed by atoms with E-state index in [1.165, 1.54) is 33.5 Å². The van der Waals surface area contributed by atoms with E-state index in [1.54, 1.807) is 0 Å². The molecular formula is C18H15ClN4O7. The molecule has 12 heteroatoms. The lowest BCUT2D eigenvalue weighted by atomic mass is 9.97. The Labute approximate surface area is 174 Å². The molecular weight excluding hydrogens is 420 g/mol. The van der Waals surface area contributed by atoms with Gasteiger partial charge in [0.15, 0.2) is 23.1 Å². The maximum atomic E-state index is 12.2.